The van der Waals surface area contributed by atoms with Crippen LogP contribution in [0.3, 0.4) is 0 Å². The van der Waals surface area contributed by atoms with Crippen LogP contribution in [-0.2, 0) is 36.1 Å². The first-order valence-corrected chi connectivity index (χ1v) is 14.3. The molecule has 0 radical (unpaired) electrons. The van der Waals surface area contributed by atoms with Gasteiger partial charge in [-0.25, -0.2) is 0 Å². The molecule has 39 heavy (non-hydrogen) atoms. The monoisotopic (exact) mass is 582 g/mol. The zero-order valence-corrected chi connectivity index (χ0v) is 24.8. The van der Waals surface area contributed by atoms with Gasteiger partial charge < -0.3 is 49.4 Å². The van der Waals surface area contributed by atoms with Crippen LogP contribution >= 0.6 is 0 Å². The molecular weight excluding hydrogens is 536 g/mol. The van der Waals surface area contributed by atoms with Gasteiger partial charge in [-0.1, -0.05) is 50.5 Å². The first-order valence-electron chi connectivity index (χ1n) is 14.3. The van der Waals surface area contributed by atoms with E-state index in [9.17, 15) is 19.2 Å². The number of ether oxygens (including phenoxy) is 2. The second kappa shape index (κ2) is 24.5. The minimum absolute atomic E-state index is 0. The van der Waals surface area contributed by atoms with E-state index in [0.717, 1.165) is 64.2 Å². The van der Waals surface area contributed by atoms with E-state index in [1.54, 1.807) is 32.0 Å². The van der Waals surface area contributed by atoms with Crippen molar-refractivity contribution in [1.29, 1.82) is 0 Å². The Morgan fingerprint density at radius 3 is 1.51 bits per heavy atom. The van der Waals surface area contributed by atoms with Crippen LogP contribution in [0.4, 0.5) is 0 Å². The van der Waals surface area contributed by atoms with E-state index >= 15 is 0 Å². The van der Waals surface area contributed by atoms with E-state index in [2.05, 4.69) is 0 Å². The number of ketones is 2. The van der Waals surface area contributed by atoms with Crippen molar-refractivity contribution >= 4 is 23.5 Å². The van der Waals surface area contributed by atoms with E-state index in [4.69, 9.17) is 9.47 Å². The number of carbonyl (C=O) groups excluding carboxylic acids is 4. The average molecular weight is 583 g/mol. The van der Waals surface area contributed by atoms with Crippen molar-refractivity contribution in [3.05, 3.63) is 59.7 Å². The average Bonchev–Trinajstić information content (AvgIpc) is 3.63. The second-order valence-electron chi connectivity index (χ2n) is 9.31. The molecule has 2 aromatic carbocycles. The first kappa shape index (κ1) is 36.5. The number of unbranched alkanes of at least 4 members (excludes halogenated alkanes) is 8. The molecule has 0 fully saturated rings. The zero-order valence-electron chi connectivity index (χ0n) is 23.7. The van der Waals surface area contributed by atoms with Gasteiger partial charge in [0.05, 0.1) is 19.0 Å². The molecule has 0 aromatic heterocycles. The number of carbonyl (C=O) groups is 4. The standard InChI is InChI=1S/C27H41O6.C5H5.Fe/c1-3-32-26(30)20-13-9-5-7-11-18-24(28)22-16-15-17-23(22)25(29)19-12-8-6-10-14-21-27(31)33-4-2;1-2-4-5-3-1;/h15-17H,3-14,18-21H2,1-2H3;1-5H;/q-1;-5;. The van der Waals surface area contributed by atoms with Gasteiger partial charge >= 0.3 is 11.9 Å². The van der Waals surface area contributed by atoms with Crippen LogP contribution in [0.15, 0.2) is 48.5 Å². The Bertz CT molecular complexity index is 824. The predicted octanol–water partition coefficient (Wildman–Crippen LogP) is 7.76. The minimum Gasteiger partial charge on any atom is -0.748 e. The first-order chi connectivity index (χ1) is 18.5. The Kier molecular flexibility index (Phi) is 23.0. The third kappa shape index (κ3) is 18.4. The summed E-state index contributed by atoms with van der Waals surface area (Å²) in [7, 11) is 0. The summed E-state index contributed by atoms with van der Waals surface area (Å²) in [5.74, 6) is -0.215. The number of hydrogen-bond acceptors (Lipinski definition) is 6. The van der Waals surface area contributed by atoms with Crippen LogP contribution in [0.1, 0.15) is 124 Å². The normalized spacial score (nSPS) is 10.1. The summed E-state index contributed by atoms with van der Waals surface area (Å²) in [6, 6.07) is 15.3. The zero-order chi connectivity index (χ0) is 27.8. The van der Waals surface area contributed by atoms with Crippen LogP contribution in [0.2, 0.25) is 0 Å². The van der Waals surface area contributed by atoms with Gasteiger partial charge in [0.2, 0.25) is 0 Å². The molecule has 6 nitrogen and oxygen atoms in total. The summed E-state index contributed by atoms with van der Waals surface area (Å²) in [4.78, 5) is 47.8. The SMILES string of the molecule is CCOC(=O)CCCCCCCC(=O)c1ccc[c-]1C(=O)CCCCCCCC(=O)OCC.[Fe].[cH-]1[cH-][cH-][cH-][cH-]1. The summed E-state index contributed by atoms with van der Waals surface area (Å²) in [6.07, 6.45) is 10.8. The maximum Gasteiger partial charge on any atom is 0.305 e. The fourth-order valence-corrected chi connectivity index (χ4v) is 4.13. The quantitative estimate of drug-likeness (QED) is 0.0521. The molecule has 0 bridgehead atoms. The van der Waals surface area contributed by atoms with Gasteiger partial charge in [0.15, 0.2) is 0 Å². The van der Waals surface area contributed by atoms with Crippen molar-refractivity contribution in [3.8, 4) is 0 Å². The van der Waals surface area contributed by atoms with E-state index in [1.807, 2.05) is 30.3 Å². The smallest absolute Gasteiger partial charge is 0.305 e. The van der Waals surface area contributed by atoms with Crippen LogP contribution in [-0.4, -0.2) is 36.7 Å². The van der Waals surface area contributed by atoms with Crippen molar-refractivity contribution < 1.29 is 45.7 Å². The third-order valence-corrected chi connectivity index (χ3v) is 6.15. The largest absolute Gasteiger partial charge is 0.748 e. The van der Waals surface area contributed by atoms with Crippen molar-refractivity contribution in [1.82, 2.24) is 0 Å². The number of hydrogen-bond donors (Lipinski definition) is 0. The summed E-state index contributed by atoms with van der Waals surface area (Å²) in [5.41, 5.74) is 1.11. The molecule has 0 saturated carbocycles. The fraction of sp³-hybridized carbons (Fsp3) is 0.562. The van der Waals surface area contributed by atoms with Gasteiger partial charge in [0.1, 0.15) is 5.78 Å². The number of rotatable bonds is 20. The molecule has 0 N–H and O–H groups in total. The van der Waals surface area contributed by atoms with Gasteiger partial charge in [-0.3, -0.25) is 9.59 Å². The number of esters is 2. The number of Topliss-reactive ketones (excluding diaryl/α,β-unsaturated/α-hetero) is 2. The van der Waals surface area contributed by atoms with Crippen molar-refractivity contribution in [2.75, 3.05) is 13.2 Å². The van der Waals surface area contributed by atoms with E-state index in [1.165, 1.54) is 0 Å². The maximum atomic E-state index is 12.6. The van der Waals surface area contributed by atoms with Crippen molar-refractivity contribution in [2.45, 2.75) is 104 Å². The van der Waals surface area contributed by atoms with Gasteiger partial charge in [0.25, 0.3) is 0 Å². The fourth-order valence-electron chi connectivity index (χ4n) is 4.13. The molecule has 0 amide bonds. The summed E-state index contributed by atoms with van der Waals surface area (Å²) in [6.45, 7) is 4.45. The molecule has 0 unspecified atom stereocenters. The maximum absolute atomic E-state index is 12.6. The molecule has 0 atom stereocenters. The third-order valence-electron chi connectivity index (χ3n) is 6.15. The van der Waals surface area contributed by atoms with Crippen LogP contribution in [0.5, 0.6) is 0 Å². The van der Waals surface area contributed by atoms with Gasteiger partial charge in [-0.2, -0.15) is 12.1 Å². The molecule has 7 heteroatoms. The Morgan fingerprint density at radius 2 is 1.05 bits per heavy atom. The molecule has 0 aliphatic rings. The van der Waals surface area contributed by atoms with Gasteiger partial charge in [-0.15, -0.1) is 11.6 Å². The molecule has 2 aromatic rings. The van der Waals surface area contributed by atoms with Gasteiger partial charge in [0, 0.05) is 36.3 Å². The molecule has 0 spiro atoms. The molecular formula is C32H46FeO6-6. The summed E-state index contributed by atoms with van der Waals surface area (Å²) < 4.78 is 9.82. The Hall–Kier alpha value is -2.50. The van der Waals surface area contributed by atoms with E-state index < -0.39 is 0 Å². The molecule has 0 aliphatic heterocycles. The summed E-state index contributed by atoms with van der Waals surface area (Å²) in [5, 5.41) is 0. The van der Waals surface area contributed by atoms with Crippen molar-refractivity contribution in [2.24, 2.45) is 0 Å². The van der Waals surface area contributed by atoms with E-state index in [-0.39, 0.29) is 40.6 Å². The molecule has 224 valence electrons. The summed E-state index contributed by atoms with van der Waals surface area (Å²) >= 11 is 0. The van der Waals surface area contributed by atoms with Gasteiger partial charge in [-0.05, 0) is 39.5 Å². The van der Waals surface area contributed by atoms with Crippen LogP contribution in [0, 0.1) is 0 Å². The Balaban J connectivity index is 0.00000215. The minimum atomic E-state index is -0.143. The predicted molar refractivity (Wildman–Crippen MR) is 151 cm³/mol. The Morgan fingerprint density at radius 1 is 0.641 bits per heavy atom. The van der Waals surface area contributed by atoms with Crippen molar-refractivity contribution in [3.63, 3.8) is 0 Å². The second-order valence-corrected chi connectivity index (χ2v) is 9.31. The topological polar surface area (TPSA) is 86.7 Å². The van der Waals surface area contributed by atoms with Crippen LogP contribution in [0.25, 0.3) is 0 Å². The molecule has 0 heterocycles. The van der Waals surface area contributed by atoms with Crippen LogP contribution < -0.4 is 0 Å². The Labute approximate surface area is 245 Å². The molecule has 0 saturated heterocycles. The molecule has 2 rings (SSSR count). The van der Waals surface area contributed by atoms with E-state index in [0.29, 0.717) is 50.0 Å². The molecule has 0 aliphatic carbocycles.